The molecular weight excluding hydrogens is 375 g/mol. The van der Waals surface area contributed by atoms with E-state index >= 15 is 0 Å². The van der Waals surface area contributed by atoms with Crippen molar-refractivity contribution < 1.29 is 9.32 Å². The van der Waals surface area contributed by atoms with Gasteiger partial charge < -0.3 is 15.2 Å². The van der Waals surface area contributed by atoms with Crippen LogP contribution in [0.4, 0.5) is 0 Å². The average Bonchev–Trinajstić information content (AvgIpc) is 3.07. The van der Waals surface area contributed by atoms with Gasteiger partial charge in [-0.3, -0.25) is 4.79 Å². The van der Waals surface area contributed by atoms with E-state index in [2.05, 4.69) is 27.7 Å². The van der Waals surface area contributed by atoms with Crippen LogP contribution < -0.4 is 10.6 Å². The lowest BCUT2D eigenvalue weighted by molar-refractivity contribution is 0.0907. The number of rotatable bonds is 4. The van der Waals surface area contributed by atoms with Crippen LogP contribution in [0.3, 0.4) is 0 Å². The third-order valence-corrected chi connectivity index (χ3v) is 4.82. The number of carbonyl (C=O) groups is 1. The molecule has 0 spiro atoms. The van der Waals surface area contributed by atoms with Crippen molar-refractivity contribution in [1.82, 2.24) is 20.8 Å². The standard InChI is InChI=1S/C18H23ClN4O2.ClH/c1-17(2,22-14(24)12-7-6-8-13(19)11-12)15-21-16(25-23-15)18(3)9-4-5-10-20-18;/h6-8,11,20H,4-5,9-10H2,1-3H3,(H,22,24);1H. The average molecular weight is 399 g/mol. The van der Waals surface area contributed by atoms with E-state index in [9.17, 15) is 4.79 Å². The second-order valence-corrected chi connectivity index (χ2v) is 7.67. The highest BCUT2D eigenvalue weighted by atomic mass is 35.5. The summed E-state index contributed by atoms with van der Waals surface area (Å²) in [7, 11) is 0. The molecule has 1 atom stereocenters. The van der Waals surface area contributed by atoms with Crippen molar-refractivity contribution >= 4 is 29.9 Å². The van der Waals surface area contributed by atoms with Crippen molar-refractivity contribution in [3.05, 3.63) is 46.6 Å². The molecule has 8 heteroatoms. The summed E-state index contributed by atoms with van der Waals surface area (Å²) in [5.41, 5.74) is -0.590. The molecule has 1 fully saturated rings. The monoisotopic (exact) mass is 398 g/mol. The number of carbonyl (C=O) groups excluding carboxylic acids is 1. The summed E-state index contributed by atoms with van der Waals surface area (Å²) >= 11 is 5.96. The van der Waals surface area contributed by atoms with E-state index in [1.165, 1.54) is 0 Å². The maximum Gasteiger partial charge on any atom is 0.252 e. The van der Waals surface area contributed by atoms with Crippen molar-refractivity contribution in [2.24, 2.45) is 0 Å². The van der Waals surface area contributed by atoms with Gasteiger partial charge in [0.2, 0.25) is 5.89 Å². The first-order valence-electron chi connectivity index (χ1n) is 8.48. The van der Waals surface area contributed by atoms with Crippen LogP contribution in [-0.4, -0.2) is 22.6 Å². The molecule has 0 saturated carbocycles. The molecule has 2 N–H and O–H groups in total. The van der Waals surface area contributed by atoms with Gasteiger partial charge in [0.15, 0.2) is 5.82 Å². The predicted octanol–water partition coefficient (Wildman–Crippen LogP) is 3.80. The molecule has 1 aliphatic rings. The summed E-state index contributed by atoms with van der Waals surface area (Å²) in [4.78, 5) is 17.0. The molecule has 6 nitrogen and oxygen atoms in total. The Bertz CT molecular complexity index is 770. The largest absolute Gasteiger partial charge is 0.340 e. The third kappa shape index (κ3) is 4.37. The highest BCUT2D eigenvalue weighted by Crippen LogP contribution is 2.30. The first-order valence-corrected chi connectivity index (χ1v) is 8.86. The Kier molecular flexibility index (Phi) is 6.32. The number of hydrogen-bond donors (Lipinski definition) is 2. The lowest BCUT2D eigenvalue weighted by Gasteiger charge is -2.31. The zero-order valence-electron chi connectivity index (χ0n) is 15.1. The van der Waals surface area contributed by atoms with Crippen LogP contribution in [0.25, 0.3) is 0 Å². The minimum absolute atomic E-state index is 0. The van der Waals surface area contributed by atoms with Crippen LogP contribution in [-0.2, 0) is 11.1 Å². The van der Waals surface area contributed by atoms with Gasteiger partial charge in [0, 0.05) is 10.6 Å². The van der Waals surface area contributed by atoms with Crippen molar-refractivity contribution in [3.63, 3.8) is 0 Å². The minimum Gasteiger partial charge on any atom is -0.340 e. The SMILES string of the molecule is CC(C)(NC(=O)c1cccc(Cl)c1)c1noc(C2(C)CCCCN2)n1.Cl. The summed E-state index contributed by atoms with van der Waals surface area (Å²) in [6, 6.07) is 6.81. The zero-order chi connectivity index (χ0) is 18.1. The first kappa shape index (κ1) is 20.7. The molecule has 2 aromatic rings. The number of amides is 1. The molecule has 1 amide bonds. The normalized spacial score (nSPS) is 20.3. The van der Waals surface area contributed by atoms with Crippen molar-refractivity contribution in [3.8, 4) is 0 Å². The number of halogens is 2. The predicted molar refractivity (Wildman–Crippen MR) is 103 cm³/mol. The van der Waals surface area contributed by atoms with Gasteiger partial charge in [0.1, 0.15) is 0 Å². The summed E-state index contributed by atoms with van der Waals surface area (Å²) in [6.07, 6.45) is 3.22. The maximum atomic E-state index is 12.5. The van der Waals surface area contributed by atoms with E-state index in [1.54, 1.807) is 24.3 Å². The number of piperidine rings is 1. The minimum atomic E-state index is -0.772. The fourth-order valence-electron chi connectivity index (χ4n) is 2.98. The maximum absolute atomic E-state index is 12.5. The molecule has 2 heterocycles. The zero-order valence-corrected chi connectivity index (χ0v) is 16.7. The van der Waals surface area contributed by atoms with Gasteiger partial charge >= 0.3 is 0 Å². The Morgan fingerprint density at radius 3 is 2.81 bits per heavy atom. The Balaban J connectivity index is 0.00000243. The van der Waals surface area contributed by atoms with Gasteiger partial charge in [0.05, 0.1) is 11.1 Å². The molecule has 1 unspecified atom stereocenters. The third-order valence-electron chi connectivity index (χ3n) is 4.59. The van der Waals surface area contributed by atoms with Gasteiger partial charge in [-0.05, 0) is 64.8 Å². The Labute approximate surface area is 164 Å². The van der Waals surface area contributed by atoms with E-state index in [4.69, 9.17) is 16.1 Å². The number of benzene rings is 1. The van der Waals surface area contributed by atoms with Crippen molar-refractivity contribution in [2.45, 2.75) is 51.1 Å². The summed E-state index contributed by atoms with van der Waals surface area (Å²) in [5.74, 6) is 0.777. The number of hydrogen-bond acceptors (Lipinski definition) is 5. The lowest BCUT2D eigenvalue weighted by Crippen LogP contribution is -2.44. The lowest BCUT2D eigenvalue weighted by atomic mass is 9.91. The van der Waals surface area contributed by atoms with E-state index in [0.717, 1.165) is 25.8 Å². The molecule has 1 aliphatic heterocycles. The molecule has 3 rings (SSSR count). The van der Waals surface area contributed by atoms with Crippen LogP contribution in [0.5, 0.6) is 0 Å². The van der Waals surface area contributed by atoms with Crippen LogP contribution in [0.1, 0.15) is 62.1 Å². The quantitative estimate of drug-likeness (QED) is 0.818. The van der Waals surface area contributed by atoms with Crippen LogP contribution in [0, 0.1) is 0 Å². The van der Waals surface area contributed by atoms with E-state index in [0.29, 0.717) is 22.3 Å². The molecular formula is C18H24Cl2N4O2. The molecule has 142 valence electrons. The topological polar surface area (TPSA) is 80.0 Å². The van der Waals surface area contributed by atoms with Gasteiger partial charge in [-0.25, -0.2) is 0 Å². The fourth-order valence-corrected chi connectivity index (χ4v) is 3.17. The summed E-state index contributed by atoms with van der Waals surface area (Å²) < 4.78 is 5.50. The molecule has 26 heavy (non-hydrogen) atoms. The number of nitrogens with one attached hydrogen (secondary N) is 2. The Hall–Kier alpha value is -1.63. The second-order valence-electron chi connectivity index (χ2n) is 7.23. The Morgan fingerprint density at radius 2 is 2.15 bits per heavy atom. The number of aromatic nitrogens is 2. The van der Waals surface area contributed by atoms with Crippen LogP contribution in [0.15, 0.2) is 28.8 Å². The molecule has 0 radical (unpaired) electrons. The molecule has 1 aromatic carbocycles. The molecule has 0 bridgehead atoms. The second kappa shape index (κ2) is 7.94. The van der Waals surface area contributed by atoms with Crippen molar-refractivity contribution in [2.75, 3.05) is 6.54 Å². The summed E-state index contributed by atoms with van der Waals surface area (Å²) in [5, 5.41) is 11.0. The van der Waals surface area contributed by atoms with Crippen molar-refractivity contribution in [1.29, 1.82) is 0 Å². The van der Waals surface area contributed by atoms with E-state index in [1.807, 2.05) is 13.8 Å². The van der Waals surface area contributed by atoms with Gasteiger partial charge in [-0.1, -0.05) is 22.8 Å². The van der Waals surface area contributed by atoms with Gasteiger partial charge in [0.25, 0.3) is 5.91 Å². The van der Waals surface area contributed by atoms with E-state index in [-0.39, 0.29) is 23.9 Å². The Morgan fingerprint density at radius 1 is 1.38 bits per heavy atom. The molecule has 1 aromatic heterocycles. The van der Waals surface area contributed by atoms with Crippen LogP contribution >= 0.6 is 24.0 Å². The molecule has 1 saturated heterocycles. The van der Waals surface area contributed by atoms with Crippen LogP contribution in [0.2, 0.25) is 5.02 Å². The van der Waals surface area contributed by atoms with Gasteiger partial charge in [-0.15, -0.1) is 12.4 Å². The molecule has 0 aliphatic carbocycles. The summed E-state index contributed by atoms with van der Waals surface area (Å²) in [6.45, 7) is 6.70. The first-order chi connectivity index (χ1) is 11.8. The fraction of sp³-hybridized carbons (Fsp3) is 0.500. The highest BCUT2D eigenvalue weighted by molar-refractivity contribution is 6.30. The number of nitrogens with zero attached hydrogens (tertiary/aromatic N) is 2. The van der Waals surface area contributed by atoms with Gasteiger partial charge in [-0.2, -0.15) is 4.98 Å². The smallest absolute Gasteiger partial charge is 0.252 e. The highest BCUT2D eigenvalue weighted by Gasteiger charge is 2.37. The van der Waals surface area contributed by atoms with E-state index < -0.39 is 5.54 Å².